The molecule has 2 aromatic rings. The minimum atomic E-state index is -3.79. The number of hydrogen-bond acceptors (Lipinski definition) is 5. The summed E-state index contributed by atoms with van der Waals surface area (Å²) in [6.07, 6.45) is 3.54. The fourth-order valence-electron chi connectivity index (χ4n) is 3.56. The van der Waals surface area contributed by atoms with Crippen molar-refractivity contribution in [3.63, 3.8) is 0 Å². The van der Waals surface area contributed by atoms with Crippen molar-refractivity contribution in [3.8, 4) is 0 Å². The topological polar surface area (TPSA) is 83.8 Å². The van der Waals surface area contributed by atoms with Crippen LogP contribution < -0.4 is 4.90 Å². The van der Waals surface area contributed by atoms with Crippen LogP contribution in [-0.4, -0.2) is 37.8 Å². The lowest BCUT2D eigenvalue weighted by Crippen LogP contribution is -2.32. The Labute approximate surface area is 170 Å². The molecule has 7 nitrogen and oxygen atoms in total. The van der Waals surface area contributed by atoms with Crippen molar-refractivity contribution in [1.29, 1.82) is 0 Å². The zero-order chi connectivity index (χ0) is 21.0. The Hall–Kier alpha value is -2.52. The standard InChI is InChI=1S/C20H24FN3O4S/c1-22(15-16-7-6-8-17(21)13-16)19-10-9-18(14-20(19)24(25)26)29(27,28)23-11-4-2-3-5-12-23/h6-10,13-14H,2-5,11-12,15H2,1H3. The second-order valence-corrected chi connectivity index (χ2v) is 9.15. The molecular formula is C20H24FN3O4S. The lowest BCUT2D eigenvalue weighted by Gasteiger charge is -2.22. The molecule has 1 heterocycles. The van der Waals surface area contributed by atoms with Gasteiger partial charge in [-0.1, -0.05) is 25.0 Å². The van der Waals surface area contributed by atoms with E-state index >= 15 is 0 Å². The van der Waals surface area contributed by atoms with E-state index in [4.69, 9.17) is 0 Å². The highest BCUT2D eigenvalue weighted by atomic mass is 32.2. The van der Waals surface area contributed by atoms with Gasteiger partial charge in [-0.25, -0.2) is 12.8 Å². The fourth-order valence-corrected chi connectivity index (χ4v) is 5.10. The molecular weight excluding hydrogens is 397 g/mol. The quantitative estimate of drug-likeness (QED) is 0.521. The molecule has 0 saturated carbocycles. The van der Waals surface area contributed by atoms with Gasteiger partial charge in [-0.05, 0) is 42.7 Å². The summed E-state index contributed by atoms with van der Waals surface area (Å²) in [5.41, 5.74) is 0.636. The van der Waals surface area contributed by atoms with Crippen molar-refractivity contribution in [2.24, 2.45) is 0 Å². The summed E-state index contributed by atoms with van der Waals surface area (Å²) in [5, 5.41) is 11.7. The summed E-state index contributed by atoms with van der Waals surface area (Å²) in [5.74, 6) is -0.385. The molecule has 1 aliphatic heterocycles. The van der Waals surface area contributed by atoms with Crippen LogP contribution in [0.5, 0.6) is 0 Å². The van der Waals surface area contributed by atoms with E-state index in [2.05, 4.69) is 0 Å². The van der Waals surface area contributed by atoms with Crippen molar-refractivity contribution >= 4 is 21.4 Å². The third kappa shape index (κ3) is 4.91. The molecule has 1 fully saturated rings. The summed E-state index contributed by atoms with van der Waals surface area (Å²) in [6, 6.07) is 9.96. The Balaban J connectivity index is 1.91. The Morgan fingerprint density at radius 2 is 1.79 bits per heavy atom. The average Bonchev–Trinajstić information content (AvgIpc) is 2.97. The number of nitro benzene ring substituents is 1. The van der Waals surface area contributed by atoms with Crippen LogP contribution >= 0.6 is 0 Å². The third-order valence-corrected chi connectivity index (χ3v) is 6.96. The van der Waals surface area contributed by atoms with Crippen molar-refractivity contribution in [2.45, 2.75) is 37.1 Å². The molecule has 0 N–H and O–H groups in total. The van der Waals surface area contributed by atoms with Crippen molar-refractivity contribution < 1.29 is 17.7 Å². The molecule has 0 aliphatic carbocycles. The first kappa shape index (κ1) is 21.2. The van der Waals surface area contributed by atoms with Crippen LogP contribution in [0, 0.1) is 15.9 Å². The SMILES string of the molecule is CN(Cc1cccc(F)c1)c1ccc(S(=O)(=O)N2CCCCCC2)cc1[N+](=O)[O-]. The van der Waals surface area contributed by atoms with E-state index in [1.54, 1.807) is 24.1 Å². The Morgan fingerprint density at radius 1 is 1.10 bits per heavy atom. The predicted molar refractivity (Wildman–Crippen MR) is 109 cm³/mol. The first-order valence-corrected chi connectivity index (χ1v) is 11.0. The molecule has 156 valence electrons. The monoisotopic (exact) mass is 421 g/mol. The van der Waals surface area contributed by atoms with Crippen LogP contribution in [0.3, 0.4) is 0 Å². The first-order valence-electron chi connectivity index (χ1n) is 9.53. The third-order valence-electron chi connectivity index (χ3n) is 5.07. The normalized spacial score (nSPS) is 15.7. The minimum Gasteiger partial charge on any atom is -0.365 e. The molecule has 0 atom stereocenters. The largest absolute Gasteiger partial charge is 0.365 e. The number of rotatable bonds is 6. The average molecular weight is 421 g/mol. The first-order chi connectivity index (χ1) is 13.8. The van der Waals surface area contributed by atoms with E-state index in [1.165, 1.54) is 28.6 Å². The van der Waals surface area contributed by atoms with Gasteiger partial charge in [0.05, 0.1) is 9.82 Å². The van der Waals surface area contributed by atoms with Gasteiger partial charge in [0.25, 0.3) is 5.69 Å². The maximum absolute atomic E-state index is 13.4. The predicted octanol–water partition coefficient (Wildman–Crippen LogP) is 3.94. The zero-order valence-corrected chi connectivity index (χ0v) is 17.1. The molecule has 0 amide bonds. The van der Waals surface area contributed by atoms with Crippen molar-refractivity contribution in [1.82, 2.24) is 4.31 Å². The number of benzene rings is 2. The summed E-state index contributed by atoms with van der Waals surface area (Å²) >= 11 is 0. The number of nitrogens with zero attached hydrogens (tertiary/aromatic N) is 3. The molecule has 0 unspecified atom stereocenters. The number of sulfonamides is 1. The Kier molecular flexibility index (Phi) is 6.49. The molecule has 0 bridgehead atoms. The Bertz CT molecular complexity index is 989. The number of nitro groups is 1. The molecule has 1 aliphatic rings. The summed E-state index contributed by atoms with van der Waals surface area (Å²) in [6.45, 7) is 1.10. The van der Waals surface area contributed by atoms with Gasteiger partial charge < -0.3 is 4.90 Å². The van der Waals surface area contributed by atoms with Gasteiger partial charge in [-0.15, -0.1) is 0 Å². The number of halogens is 1. The minimum absolute atomic E-state index is 0.0750. The second-order valence-electron chi connectivity index (χ2n) is 7.21. The zero-order valence-electron chi connectivity index (χ0n) is 16.3. The summed E-state index contributed by atoms with van der Waals surface area (Å²) in [4.78, 5) is 12.6. The van der Waals surface area contributed by atoms with E-state index in [9.17, 15) is 22.9 Å². The maximum atomic E-state index is 13.4. The lowest BCUT2D eigenvalue weighted by molar-refractivity contribution is -0.384. The van der Waals surface area contributed by atoms with E-state index in [0.717, 1.165) is 31.7 Å². The van der Waals surface area contributed by atoms with Crippen molar-refractivity contribution in [2.75, 3.05) is 25.0 Å². The Morgan fingerprint density at radius 3 is 2.41 bits per heavy atom. The van der Waals surface area contributed by atoms with Gasteiger partial charge in [0.15, 0.2) is 0 Å². The molecule has 0 radical (unpaired) electrons. The molecule has 3 rings (SSSR count). The fraction of sp³-hybridized carbons (Fsp3) is 0.400. The van der Waals surface area contributed by atoms with Gasteiger partial charge >= 0.3 is 0 Å². The molecule has 2 aromatic carbocycles. The van der Waals surface area contributed by atoms with E-state index in [1.807, 2.05) is 0 Å². The van der Waals surface area contributed by atoms with Crippen LogP contribution in [0.2, 0.25) is 0 Å². The van der Waals surface area contributed by atoms with Crippen molar-refractivity contribution in [3.05, 3.63) is 64.0 Å². The summed E-state index contributed by atoms with van der Waals surface area (Å²) in [7, 11) is -2.14. The molecule has 29 heavy (non-hydrogen) atoms. The molecule has 9 heteroatoms. The van der Waals surface area contributed by atoms with Crippen LogP contribution in [0.1, 0.15) is 31.2 Å². The molecule has 0 aromatic heterocycles. The molecule has 0 spiro atoms. The van der Waals surface area contributed by atoms with E-state index < -0.39 is 14.9 Å². The van der Waals surface area contributed by atoms with Crippen LogP contribution in [-0.2, 0) is 16.6 Å². The van der Waals surface area contributed by atoms with E-state index in [-0.39, 0.29) is 28.6 Å². The molecule has 1 saturated heterocycles. The van der Waals surface area contributed by atoms with E-state index in [0.29, 0.717) is 18.7 Å². The van der Waals surface area contributed by atoms with Crippen LogP contribution in [0.25, 0.3) is 0 Å². The van der Waals surface area contributed by atoms with Crippen LogP contribution in [0.15, 0.2) is 47.4 Å². The highest BCUT2D eigenvalue weighted by Crippen LogP contribution is 2.32. The van der Waals surface area contributed by atoms with Gasteiger partial charge in [-0.3, -0.25) is 10.1 Å². The maximum Gasteiger partial charge on any atom is 0.293 e. The summed E-state index contributed by atoms with van der Waals surface area (Å²) < 4.78 is 40.8. The lowest BCUT2D eigenvalue weighted by atomic mass is 10.2. The van der Waals surface area contributed by atoms with Crippen LogP contribution in [0.4, 0.5) is 15.8 Å². The second kappa shape index (κ2) is 8.87. The van der Waals surface area contributed by atoms with Gasteiger partial charge in [-0.2, -0.15) is 4.31 Å². The van der Waals surface area contributed by atoms with Gasteiger partial charge in [0, 0.05) is 32.7 Å². The van der Waals surface area contributed by atoms with Gasteiger partial charge in [0.2, 0.25) is 10.0 Å². The smallest absolute Gasteiger partial charge is 0.293 e. The highest BCUT2D eigenvalue weighted by Gasteiger charge is 2.28. The van der Waals surface area contributed by atoms with Gasteiger partial charge in [0.1, 0.15) is 11.5 Å². The number of hydrogen-bond donors (Lipinski definition) is 0. The number of anilines is 1. The highest BCUT2D eigenvalue weighted by molar-refractivity contribution is 7.89.